The van der Waals surface area contributed by atoms with E-state index in [1.807, 2.05) is 18.2 Å². The third kappa shape index (κ3) is 3.87. The number of carbonyl (C=O) groups is 3. The maximum Gasteiger partial charge on any atom is 0.255 e. The number of fused-ring (bicyclic) bond motifs is 1. The van der Waals surface area contributed by atoms with E-state index in [1.165, 1.54) is 0 Å². The quantitative estimate of drug-likeness (QED) is 0.604. The maximum absolute atomic E-state index is 12.8. The number of amides is 3. The van der Waals surface area contributed by atoms with Crippen LogP contribution >= 0.6 is 0 Å². The highest BCUT2D eigenvalue weighted by Crippen LogP contribution is 2.28. The highest BCUT2D eigenvalue weighted by Gasteiger charge is 2.39. The highest BCUT2D eigenvalue weighted by molar-refractivity contribution is 6.05. The van der Waals surface area contributed by atoms with E-state index in [9.17, 15) is 14.4 Å². The smallest absolute Gasteiger partial charge is 0.255 e. The second kappa shape index (κ2) is 7.75. The lowest BCUT2D eigenvalue weighted by atomic mass is 10.0. The summed E-state index contributed by atoms with van der Waals surface area (Å²) >= 11 is 0. The van der Waals surface area contributed by atoms with Gasteiger partial charge in [0.15, 0.2) is 0 Å². The number of morpholine rings is 1. The predicted octanol–water partition coefficient (Wildman–Crippen LogP) is -0.474. The Morgan fingerprint density at radius 2 is 2.15 bits per heavy atom. The molecule has 8 heteroatoms. The molecule has 3 amide bonds. The molecule has 1 aromatic carbocycles. The van der Waals surface area contributed by atoms with Gasteiger partial charge in [0.05, 0.1) is 12.7 Å². The van der Waals surface area contributed by atoms with E-state index in [2.05, 4.69) is 16.0 Å². The number of piperidine rings is 1. The summed E-state index contributed by atoms with van der Waals surface area (Å²) in [5.41, 5.74) is 2.60. The highest BCUT2D eigenvalue weighted by atomic mass is 16.5. The summed E-state index contributed by atoms with van der Waals surface area (Å²) in [6.07, 6.45) is 0.815. The summed E-state index contributed by atoms with van der Waals surface area (Å²) in [5, 5.41) is 8.99. The van der Waals surface area contributed by atoms with Gasteiger partial charge in [-0.05, 0) is 23.6 Å². The van der Waals surface area contributed by atoms with Gasteiger partial charge in [-0.1, -0.05) is 12.1 Å². The number of hydrogen-bond donors (Lipinski definition) is 3. The van der Waals surface area contributed by atoms with Gasteiger partial charge in [-0.3, -0.25) is 19.7 Å². The average Bonchev–Trinajstić information content (AvgIpc) is 2.99. The summed E-state index contributed by atoms with van der Waals surface area (Å²) in [5.74, 6) is -0.789. The van der Waals surface area contributed by atoms with Crippen LogP contribution in [0.1, 0.15) is 34.3 Å². The lowest BCUT2D eigenvalue weighted by Gasteiger charge is -2.29. The van der Waals surface area contributed by atoms with E-state index in [1.54, 1.807) is 4.90 Å². The molecular weight excluding hydrogens is 348 g/mol. The van der Waals surface area contributed by atoms with Crippen LogP contribution in [0.3, 0.4) is 0 Å². The van der Waals surface area contributed by atoms with Crippen LogP contribution in [0.25, 0.3) is 0 Å². The number of carbonyl (C=O) groups excluding carboxylic acids is 3. The number of hydrogen-bond acceptors (Lipinski definition) is 6. The van der Waals surface area contributed by atoms with Crippen LogP contribution in [-0.2, 0) is 27.4 Å². The summed E-state index contributed by atoms with van der Waals surface area (Å²) in [7, 11) is 0. The average molecular weight is 372 g/mol. The SMILES string of the molecule is O=C1CCC(N2Cc3ccc(CNC[C@H]4CNCCO4)cc3C2=O)C(=O)N1. The number of imide groups is 1. The lowest BCUT2D eigenvalue weighted by Crippen LogP contribution is -2.52. The first-order valence-corrected chi connectivity index (χ1v) is 9.41. The van der Waals surface area contributed by atoms with Gasteiger partial charge in [0, 0.05) is 44.7 Å². The molecule has 3 aliphatic rings. The molecule has 27 heavy (non-hydrogen) atoms. The fourth-order valence-corrected chi connectivity index (χ4v) is 3.84. The van der Waals surface area contributed by atoms with Crippen LogP contribution in [-0.4, -0.2) is 61.0 Å². The Bertz CT molecular complexity index is 760. The predicted molar refractivity (Wildman–Crippen MR) is 96.8 cm³/mol. The minimum absolute atomic E-state index is 0.138. The summed E-state index contributed by atoms with van der Waals surface area (Å²) in [6, 6.07) is 5.29. The second-order valence-electron chi connectivity index (χ2n) is 7.22. The molecule has 0 bridgehead atoms. The Kier molecular flexibility index (Phi) is 5.20. The molecule has 0 spiro atoms. The van der Waals surface area contributed by atoms with E-state index in [4.69, 9.17) is 4.74 Å². The van der Waals surface area contributed by atoms with Gasteiger partial charge >= 0.3 is 0 Å². The topological polar surface area (TPSA) is 99.8 Å². The first-order chi connectivity index (χ1) is 13.1. The Balaban J connectivity index is 1.37. The number of ether oxygens (including phenoxy) is 1. The molecule has 0 radical (unpaired) electrons. The number of nitrogens with zero attached hydrogens (tertiary/aromatic N) is 1. The van der Waals surface area contributed by atoms with Crippen LogP contribution in [0.2, 0.25) is 0 Å². The molecular formula is C19H24N4O4. The van der Waals surface area contributed by atoms with Gasteiger partial charge in [-0.25, -0.2) is 0 Å². The molecule has 1 aromatic rings. The standard InChI is InChI=1S/C19H24N4O4/c24-17-4-3-16(18(25)22-17)23-11-13-2-1-12(7-15(13)19(23)26)8-21-10-14-9-20-5-6-27-14/h1-2,7,14,16,20-21H,3-6,8-11H2,(H,22,24,25)/t14-,16?/m1/s1. The minimum Gasteiger partial charge on any atom is -0.374 e. The third-order valence-corrected chi connectivity index (χ3v) is 5.30. The van der Waals surface area contributed by atoms with Crippen LogP contribution in [0.15, 0.2) is 18.2 Å². The van der Waals surface area contributed by atoms with Gasteiger partial charge in [0.1, 0.15) is 6.04 Å². The van der Waals surface area contributed by atoms with E-state index in [0.717, 1.165) is 37.4 Å². The zero-order valence-corrected chi connectivity index (χ0v) is 15.1. The van der Waals surface area contributed by atoms with Crippen molar-refractivity contribution in [3.8, 4) is 0 Å². The zero-order chi connectivity index (χ0) is 18.8. The molecule has 3 N–H and O–H groups in total. The van der Waals surface area contributed by atoms with Crippen LogP contribution < -0.4 is 16.0 Å². The molecule has 0 saturated carbocycles. The first-order valence-electron chi connectivity index (χ1n) is 9.41. The van der Waals surface area contributed by atoms with Crippen LogP contribution in [0.4, 0.5) is 0 Å². The van der Waals surface area contributed by atoms with Crippen molar-refractivity contribution in [1.29, 1.82) is 0 Å². The van der Waals surface area contributed by atoms with Crippen molar-refractivity contribution >= 4 is 17.7 Å². The molecule has 144 valence electrons. The molecule has 3 heterocycles. The van der Waals surface area contributed by atoms with Crippen LogP contribution in [0.5, 0.6) is 0 Å². The second-order valence-corrected chi connectivity index (χ2v) is 7.22. The van der Waals surface area contributed by atoms with Crippen molar-refractivity contribution in [2.75, 3.05) is 26.2 Å². The molecule has 0 aromatic heterocycles. The fraction of sp³-hybridized carbons (Fsp3) is 0.526. The molecule has 4 rings (SSSR count). The largest absolute Gasteiger partial charge is 0.374 e. The van der Waals surface area contributed by atoms with Crippen molar-refractivity contribution in [2.24, 2.45) is 0 Å². The van der Waals surface area contributed by atoms with Crippen molar-refractivity contribution < 1.29 is 19.1 Å². The van der Waals surface area contributed by atoms with Gasteiger partial charge in [0.25, 0.3) is 5.91 Å². The number of rotatable bonds is 5. The van der Waals surface area contributed by atoms with Gasteiger partial charge in [0.2, 0.25) is 11.8 Å². The van der Waals surface area contributed by atoms with E-state index >= 15 is 0 Å². The zero-order valence-electron chi connectivity index (χ0n) is 15.1. The van der Waals surface area contributed by atoms with E-state index in [-0.39, 0.29) is 30.2 Å². The summed E-state index contributed by atoms with van der Waals surface area (Å²) < 4.78 is 5.66. The fourth-order valence-electron chi connectivity index (χ4n) is 3.84. The van der Waals surface area contributed by atoms with Crippen LogP contribution in [0, 0.1) is 0 Å². The monoisotopic (exact) mass is 372 g/mol. The van der Waals surface area contributed by atoms with E-state index < -0.39 is 6.04 Å². The number of nitrogens with one attached hydrogen (secondary N) is 3. The minimum atomic E-state index is -0.569. The van der Waals surface area contributed by atoms with Crippen molar-refractivity contribution in [3.63, 3.8) is 0 Å². The molecule has 3 aliphatic heterocycles. The molecule has 8 nitrogen and oxygen atoms in total. The maximum atomic E-state index is 12.8. The number of benzene rings is 1. The van der Waals surface area contributed by atoms with Gasteiger partial charge in [-0.15, -0.1) is 0 Å². The van der Waals surface area contributed by atoms with Crippen molar-refractivity contribution in [2.45, 2.75) is 38.1 Å². The molecule has 1 unspecified atom stereocenters. The summed E-state index contributed by atoms with van der Waals surface area (Å²) in [4.78, 5) is 37.8. The first kappa shape index (κ1) is 18.1. The molecule has 2 atom stereocenters. The normalized spacial score (nSPS) is 25.5. The molecule has 2 fully saturated rings. The summed E-state index contributed by atoms with van der Waals surface area (Å²) in [6.45, 7) is 4.29. The van der Waals surface area contributed by atoms with Crippen molar-refractivity contribution in [3.05, 3.63) is 34.9 Å². The Morgan fingerprint density at radius 1 is 1.26 bits per heavy atom. The van der Waals surface area contributed by atoms with Gasteiger partial charge < -0.3 is 20.3 Å². The molecule has 0 aliphatic carbocycles. The Morgan fingerprint density at radius 3 is 2.93 bits per heavy atom. The van der Waals surface area contributed by atoms with Crippen molar-refractivity contribution in [1.82, 2.24) is 20.9 Å². The molecule has 2 saturated heterocycles. The van der Waals surface area contributed by atoms with E-state index in [0.29, 0.717) is 25.1 Å². The third-order valence-electron chi connectivity index (χ3n) is 5.30. The van der Waals surface area contributed by atoms with Gasteiger partial charge in [-0.2, -0.15) is 0 Å². The Hall–Kier alpha value is -2.29. The lowest BCUT2D eigenvalue weighted by molar-refractivity contribution is -0.136. The Labute approximate surface area is 157 Å².